The molecule has 2 aliphatic rings. The molecule has 0 unspecified atom stereocenters. The van der Waals surface area contributed by atoms with Gasteiger partial charge in [0.15, 0.2) is 5.17 Å². The van der Waals surface area contributed by atoms with Crippen LogP contribution in [0.25, 0.3) is 0 Å². The maximum Gasteiger partial charge on any atom is 0.338 e. The summed E-state index contributed by atoms with van der Waals surface area (Å²) in [5.74, 6) is -0.902. The molecule has 188 valence electrons. The Balaban J connectivity index is 1.64. The Morgan fingerprint density at radius 2 is 1.86 bits per heavy atom. The van der Waals surface area contributed by atoms with Crippen LogP contribution in [-0.4, -0.2) is 28.0 Å². The molecule has 4 rings (SSSR count). The van der Waals surface area contributed by atoms with Gasteiger partial charge in [0, 0.05) is 12.2 Å². The lowest BCUT2D eigenvalue weighted by atomic mass is 9.90. The minimum atomic E-state index is -0.463. The number of aryl methyl sites for hydroxylation is 2. The summed E-state index contributed by atoms with van der Waals surface area (Å²) in [4.78, 5) is 32.9. The molecule has 1 amide bonds. The van der Waals surface area contributed by atoms with E-state index in [4.69, 9.17) is 9.73 Å². The smallest absolute Gasteiger partial charge is 0.338 e. The largest absolute Gasteiger partial charge is 0.459 e. The molecule has 0 bridgehead atoms. The van der Waals surface area contributed by atoms with Gasteiger partial charge >= 0.3 is 5.97 Å². The molecule has 2 aromatic carbocycles. The van der Waals surface area contributed by atoms with Gasteiger partial charge in [-0.05, 0) is 68.8 Å². The highest BCUT2D eigenvalue weighted by Crippen LogP contribution is 2.45. The number of carbonyl (C=O) groups is 2. The average Bonchev–Trinajstić information content (AvgIpc) is 3.20. The van der Waals surface area contributed by atoms with Gasteiger partial charge in [-0.25, -0.2) is 14.2 Å². The number of rotatable bonds is 7. The normalized spacial score (nSPS) is 17.1. The number of amides is 1. The van der Waals surface area contributed by atoms with Crippen molar-refractivity contribution in [1.82, 2.24) is 10.2 Å². The number of benzene rings is 2. The van der Waals surface area contributed by atoms with Crippen molar-refractivity contribution in [3.8, 4) is 0 Å². The number of aliphatic imine (C=N–C) groups is 1. The van der Waals surface area contributed by atoms with Crippen LogP contribution in [0.1, 0.15) is 55.5 Å². The van der Waals surface area contributed by atoms with Crippen molar-refractivity contribution < 1.29 is 18.7 Å². The van der Waals surface area contributed by atoms with Crippen LogP contribution >= 0.6 is 11.8 Å². The number of carbonyl (C=O) groups excluding carboxylic acids is 2. The Kier molecular flexibility index (Phi) is 7.64. The predicted octanol–water partition coefficient (Wildman–Crippen LogP) is 5.68. The van der Waals surface area contributed by atoms with Crippen molar-refractivity contribution in [3.05, 3.63) is 92.9 Å². The van der Waals surface area contributed by atoms with Gasteiger partial charge in [0.05, 0.1) is 29.8 Å². The third-order valence-electron chi connectivity index (χ3n) is 6.04. The molecule has 6 nitrogen and oxygen atoms in total. The van der Waals surface area contributed by atoms with Crippen LogP contribution in [0, 0.1) is 19.7 Å². The summed E-state index contributed by atoms with van der Waals surface area (Å²) in [6.07, 6.45) is -0.164. The van der Waals surface area contributed by atoms with Crippen LogP contribution in [-0.2, 0) is 20.9 Å². The van der Waals surface area contributed by atoms with Crippen LogP contribution in [0.4, 0.5) is 4.39 Å². The number of nitrogens with one attached hydrogen (secondary N) is 1. The molecule has 0 fully saturated rings. The Morgan fingerprint density at radius 3 is 2.56 bits per heavy atom. The van der Waals surface area contributed by atoms with Crippen LogP contribution < -0.4 is 5.32 Å². The molecule has 2 heterocycles. The molecule has 8 heteroatoms. The quantitative estimate of drug-likeness (QED) is 0.489. The van der Waals surface area contributed by atoms with Crippen molar-refractivity contribution in [2.75, 3.05) is 0 Å². The van der Waals surface area contributed by atoms with E-state index in [1.807, 2.05) is 57.1 Å². The minimum absolute atomic E-state index is 0.111. The van der Waals surface area contributed by atoms with E-state index >= 15 is 0 Å². The van der Waals surface area contributed by atoms with E-state index in [0.29, 0.717) is 17.8 Å². The first-order valence-electron chi connectivity index (χ1n) is 11.9. The van der Waals surface area contributed by atoms with Gasteiger partial charge in [-0.1, -0.05) is 47.7 Å². The van der Waals surface area contributed by atoms with Gasteiger partial charge in [0.25, 0.3) is 0 Å². The van der Waals surface area contributed by atoms with Crippen molar-refractivity contribution >= 4 is 28.8 Å². The molecule has 0 saturated carbocycles. The van der Waals surface area contributed by atoms with Crippen molar-refractivity contribution in [1.29, 1.82) is 0 Å². The first-order chi connectivity index (χ1) is 17.1. The number of halogens is 1. The number of esters is 1. The number of fused-ring (bicyclic) bond motifs is 1. The summed E-state index contributed by atoms with van der Waals surface area (Å²) in [6, 6.07) is 11.7. The van der Waals surface area contributed by atoms with Crippen LogP contribution in [0.3, 0.4) is 0 Å². The monoisotopic (exact) mass is 507 g/mol. The molecule has 36 heavy (non-hydrogen) atoms. The maximum absolute atomic E-state index is 13.3. The standard InChI is InChI=1S/C28H30FN3O3S/c1-16(2)35-27(34)25-19(5)31-28-32(26(25)23-12-17(3)6-7-18(23)4)22(15-36-28)13-24(33)30-14-20-8-10-21(29)11-9-20/h6-12,15-16,26H,13-14H2,1-5H3,(H,30,33)/t26-/m1/s1. The fourth-order valence-electron chi connectivity index (χ4n) is 4.29. The van der Waals surface area contributed by atoms with Gasteiger partial charge in [-0.15, -0.1) is 0 Å². The first kappa shape index (κ1) is 25.7. The van der Waals surface area contributed by atoms with Crippen molar-refractivity contribution in [2.24, 2.45) is 4.99 Å². The molecular formula is C28H30FN3O3S. The molecule has 0 saturated heterocycles. The van der Waals surface area contributed by atoms with Crippen molar-refractivity contribution in [2.45, 2.75) is 59.7 Å². The lowest BCUT2D eigenvalue weighted by molar-refractivity contribution is -0.143. The maximum atomic E-state index is 13.3. The fourth-order valence-corrected chi connectivity index (χ4v) is 5.25. The zero-order chi connectivity index (χ0) is 26.0. The van der Waals surface area contributed by atoms with Crippen LogP contribution in [0.2, 0.25) is 0 Å². The number of allylic oxidation sites excluding steroid dienone is 1. The van der Waals surface area contributed by atoms with Crippen LogP contribution in [0.15, 0.2) is 69.8 Å². The summed E-state index contributed by atoms with van der Waals surface area (Å²) >= 11 is 1.44. The molecule has 1 N–H and O–H groups in total. The molecule has 1 atom stereocenters. The zero-order valence-corrected chi connectivity index (χ0v) is 21.9. The first-order valence-corrected chi connectivity index (χ1v) is 12.8. The second-order valence-corrected chi connectivity index (χ2v) is 10.1. The average molecular weight is 508 g/mol. The number of thioether (sulfide) groups is 1. The second kappa shape index (κ2) is 10.7. The lowest BCUT2D eigenvalue weighted by Gasteiger charge is -2.37. The van der Waals surface area contributed by atoms with E-state index in [1.54, 1.807) is 12.1 Å². The SMILES string of the molecule is CC1=C(C(=O)OC(C)C)[C@@H](c2cc(C)ccc2C)N2C(CC(=O)NCc3ccc(F)cc3)=CSC2=N1. The Hall–Kier alpha value is -3.39. The number of hydrogen-bond donors (Lipinski definition) is 1. The lowest BCUT2D eigenvalue weighted by Crippen LogP contribution is -2.38. The summed E-state index contributed by atoms with van der Waals surface area (Å²) in [7, 11) is 0. The van der Waals surface area contributed by atoms with Gasteiger partial charge in [-0.2, -0.15) is 0 Å². The fraction of sp³-hybridized carbons (Fsp3) is 0.321. The van der Waals surface area contributed by atoms with Gasteiger partial charge in [-0.3, -0.25) is 4.79 Å². The third-order valence-corrected chi connectivity index (χ3v) is 6.93. The predicted molar refractivity (Wildman–Crippen MR) is 140 cm³/mol. The van der Waals surface area contributed by atoms with Crippen LogP contribution in [0.5, 0.6) is 0 Å². The zero-order valence-electron chi connectivity index (χ0n) is 21.1. The van der Waals surface area contributed by atoms with E-state index in [-0.39, 0.29) is 24.2 Å². The molecule has 0 radical (unpaired) electrons. The number of ether oxygens (including phenoxy) is 1. The molecular weight excluding hydrogens is 477 g/mol. The highest BCUT2D eigenvalue weighted by Gasteiger charge is 2.41. The molecule has 2 aromatic rings. The minimum Gasteiger partial charge on any atom is -0.459 e. The number of amidine groups is 1. The summed E-state index contributed by atoms with van der Waals surface area (Å²) in [6.45, 7) is 9.80. The molecule has 0 aliphatic carbocycles. The molecule has 0 spiro atoms. The van der Waals surface area contributed by atoms with E-state index in [1.165, 1.54) is 23.9 Å². The Bertz CT molecular complexity index is 1280. The Labute approximate surface area is 215 Å². The molecule has 2 aliphatic heterocycles. The van der Waals surface area contributed by atoms with Gasteiger partial charge < -0.3 is 15.0 Å². The molecule has 0 aromatic heterocycles. The summed E-state index contributed by atoms with van der Waals surface area (Å²) < 4.78 is 18.8. The van der Waals surface area contributed by atoms with Gasteiger partial charge in [0.2, 0.25) is 5.91 Å². The van der Waals surface area contributed by atoms with E-state index in [0.717, 1.165) is 33.1 Å². The van der Waals surface area contributed by atoms with Gasteiger partial charge in [0.1, 0.15) is 5.82 Å². The van der Waals surface area contributed by atoms with E-state index in [2.05, 4.69) is 11.4 Å². The summed E-state index contributed by atoms with van der Waals surface area (Å²) in [5.41, 5.74) is 5.73. The topological polar surface area (TPSA) is 71.0 Å². The van der Waals surface area contributed by atoms with Crippen molar-refractivity contribution in [3.63, 3.8) is 0 Å². The highest BCUT2D eigenvalue weighted by atomic mass is 32.2. The highest BCUT2D eigenvalue weighted by molar-refractivity contribution is 8.16. The Morgan fingerprint density at radius 1 is 1.14 bits per heavy atom. The van der Waals surface area contributed by atoms with E-state index < -0.39 is 12.0 Å². The number of nitrogens with zero attached hydrogens (tertiary/aromatic N) is 2. The summed E-state index contributed by atoms with van der Waals surface area (Å²) in [5, 5.41) is 5.54. The van der Waals surface area contributed by atoms with E-state index in [9.17, 15) is 14.0 Å². The second-order valence-electron chi connectivity index (χ2n) is 9.29. The number of hydrogen-bond acceptors (Lipinski definition) is 6. The third kappa shape index (κ3) is 5.54.